The minimum absolute atomic E-state index is 0.408. The van der Waals surface area contributed by atoms with Gasteiger partial charge in [0.25, 0.3) is 0 Å². The number of benzene rings is 1. The highest BCUT2D eigenvalue weighted by molar-refractivity contribution is 5.90. The number of hydrogen-bond acceptors (Lipinski definition) is 4. The van der Waals surface area contributed by atoms with Gasteiger partial charge < -0.3 is 25.7 Å². The number of rotatable bonds is 9. The van der Waals surface area contributed by atoms with Gasteiger partial charge in [0.1, 0.15) is 11.5 Å². The average molecular weight is 284 g/mol. The Balaban J connectivity index is 2.80. The van der Waals surface area contributed by atoms with Crippen molar-refractivity contribution in [2.75, 3.05) is 33.4 Å². The summed E-state index contributed by atoms with van der Waals surface area (Å²) in [7, 11) is 1.35. The molecule has 0 aromatic heterocycles. The highest BCUT2D eigenvalue weighted by Crippen LogP contribution is 2.24. The Morgan fingerprint density at radius 1 is 1.00 bits per heavy atom. The fraction of sp³-hybridized carbons (Fsp3) is 0.500. The van der Waals surface area contributed by atoms with E-state index in [4.69, 9.17) is 14.2 Å². The van der Waals surface area contributed by atoms with Crippen LogP contribution in [0.2, 0.25) is 0 Å². The van der Waals surface area contributed by atoms with Gasteiger partial charge in [0.15, 0.2) is 0 Å². The molecule has 6 N–H and O–H groups in total. The van der Waals surface area contributed by atoms with E-state index in [1.807, 2.05) is 0 Å². The molecular weight excluding hydrogens is 260 g/mol. The molecule has 0 saturated carbocycles. The summed E-state index contributed by atoms with van der Waals surface area (Å²) in [5, 5.41) is 0. The molecule has 0 aliphatic rings. The van der Waals surface area contributed by atoms with Gasteiger partial charge in [0.05, 0.1) is 39.0 Å². The van der Waals surface area contributed by atoms with Crippen LogP contribution < -0.4 is 20.9 Å². The van der Waals surface area contributed by atoms with Crippen molar-refractivity contribution in [2.45, 2.75) is 12.8 Å². The van der Waals surface area contributed by atoms with Crippen molar-refractivity contribution in [1.82, 2.24) is 0 Å². The van der Waals surface area contributed by atoms with Crippen LogP contribution in [0.1, 0.15) is 23.2 Å². The number of carbonyl (C=O) groups is 1. The first-order valence-electron chi connectivity index (χ1n) is 6.78. The molecule has 0 saturated heterocycles. The van der Waals surface area contributed by atoms with E-state index in [1.54, 1.807) is 18.2 Å². The molecule has 0 aliphatic carbocycles. The average Bonchev–Trinajstić information content (AvgIpc) is 2.47. The first kappa shape index (κ1) is 16.3. The minimum atomic E-state index is -0.408. The van der Waals surface area contributed by atoms with Crippen LogP contribution in [-0.4, -0.2) is 39.4 Å². The van der Waals surface area contributed by atoms with Crippen LogP contribution in [0.25, 0.3) is 0 Å². The second-order valence-corrected chi connectivity index (χ2v) is 4.30. The van der Waals surface area contributed by atoms with E-state index in [9.17, 15) is 4.79 Å². The SMILES string of the molecule is COC(=O)c1cc(OCCC[NH3+])cc(OCCC[NH3+])c1. The van der Waals surface area contributed by atoms with Crippen LogP contribution in [0.4, 0.5) is 0 Å². The predicted octanol–water partition coefficient (Wildman–Crippen LogP) is -0.505. The maximum absolute atomic E-state index is 11.6. The lowest BCUT2D eigenvalue weighted by Crippen LogP contribution is -2.50. The molecule has 0 spiro atoms. The van der Waals surface area contributed by atoms with E-state index >= 15 is 0 Å². The topological polar surface area (TPSA) is 100 Å². The summed E-state index contributed by atoms with van der Waals surface area (Å²) in [6, 6.07) is 5.09. The van der Waals surface area contributed by atoms with E-state index in [-0.39, 0.29) is 0 Å². The maximum atomic E-state index is 11.6. The van der Waals surface area contributed by atoms with Gasteiger partial charge >= 0.3 is 5.97 Å². The second kappa shape index (κ2) is 9.17. The summed E-state index contributed by atoms with van der Waals surface area (Å²) in [5.74, 6) is 0.798. The molecule has 0 aliphatic heterocycles. The molecule has 0 bridgehead atoms. The van der Waals surface area contributed by atoms with Gasteiger partial charge in [0, 0.05) is 18.9 Å². The third kappa shape index (κ3) is 5.46. The Kier molecular flexibility index (Phi) is 7.46. The number of quaternary nitrogens is 2. The van der Waals surface area contributed by atoms with E-state index < -0.39 is 5.97 Å². The molecule has 0 radical (unpaired) electrons. The van der Waals surface area contributed by atoms with Crippen molar-refractivity contribution >= 4 is 5.97 Å². The maximum Gasteiger partial charge on any atom is 0.338 e. The molecule has 6 heteroatoms. The fourth-order valence-electron chi connectivity index (χ4n) is 1.56. The lowest BCUT2D eigenvalue weighted by molar-refractivity contribution is -0.369. The van der Waals surface area contributed by atoms with Crippen molar-refractivity contribution in [2.24, 2.45) is 0 Å². The van der Waals surface area contributed by atoms with Gasteiger partial charge in [-0.1, -0.05) is 0 Å². The van der Waals surface area contributed by atoms with Crippen LogP contribution in [-0.2, 0) is 4.74 Å². The summed E-state index contributed by atoms with van der Waals surface area (Å²) in [6.07, 6.45) is 1.72. The zero-order valence-corrected chi connectivity index (χ0v) is 12.0. The monoisotopic (exact) mass is 284 g/mol. The zero-order chi connectivity index (χ0) is 14.8. The third-order valence-corrected chi connectivity index (χ3v) is 2.63. The lowest BCUT2D eigenvalue weighted by atomic mass is 10.2. The zero-order valence-electron chi connectivity index (χ0n) is 12.0. The Morgan fingerprint density at radius 3 is 1.90 bits per heavy atom. The summed E-state index contributed by atoms with van der Waals surface area (Å²) in [6.45, 7) is 2.74. The number of hydrogen-bond donors (Lipinski definition) is 2. The van der Waals surface area contributed by atoms with Crippen LogP contribution in [0.5, 0.6) is 11.5 Å². The number of carbonyl (C=O) groups excluding carboxylic acids is 1. The summed E-state index contributed by atoms with van der Waals surface area (Å²) < 4.78 is 15.9. The molecule has 1 aromatic rings. The standard InChI is InChI=1S/C14H22N2O4/c1-18-14(17)11-8-12(19-6-2-4-15)10-13(9-11)20-7-3-5-16/h8-10H,2-7,15-16H2,1H3/p+2. The van der Waals surface area contributed by atoms with Gasteiger partial charge in [-0.25, -0.2) is 4.79 Å². The van der Waals surface area contributed by atoms with Crippen molar-refractivity contribution in [1.29, 1.82) is 0 Å². The highest BCUT2D eigenvalue weighted by Gasteiger charge is 2.10. The van der Waals surface area contributed by atoms with E-state index in [1.165, 1.54) is 7.11 Å². The van der Waals surface area contributed by atoms with Gasteiger partial charge in [0.2, 0.25) is 0 Å². The molecule has 112 valence electrons. The van der Waals surface area contributed by atoms with Gasteiger partial charge in [-0.15, -0.1) is 0 Å². The largest absolute Gasteiger partial charge is 0.493 e. The normalized spacial score (nSPS) is 10.2. The van der Waals surface area contributed by atoms with Gasteiger partial charge in [-0.3, -0.25) is 0 Å². The Labute approximate surface area is 119 Å². The second-order valence-electron chi connectivity index (χ2n) is 4.30. The van der Waals surface area contributed by atoms with Crippen molar-refractivity contribution in [3.05, 3.63) is 23.8 Å². The smallest absolute Gasteiger partial charge is 0.338 e. The number of methoxy groups -OCH3 is 1. The molecule has 1 rings (SSSR count). The molecule has 0 fully saturated rings. The van der Waals surface area contributed by atoms with E-state index in [0.717, 1.165) is 25.9 Å². The Morgan fingerprint density at radius 2 is 1.50 bits per heavy atom. The molecule has 20 heavy (non-hydrogen) atoms. The first-order chi connectivity index (χ1) is 9.71. The summed E-state index contributed by atoms with van der Waals surface area (Å²) in [5.41, 5.74) is 7.94. The van der Waals surface area contributed by atoms with Crippen molar-refractivity contribution in [3.8, 4) is 11.5 Å². The van der Waals surface area contributed by atoms with Gasteiger partial charge in [-0.2, -0.15) is 0 Å². The molecule has 0 atom stereocenters. The number of ether oxygens (including phenoxy) is 3. The summed E-state index contributed by atoms with van der Waals surface area (Å²) in [4.78, 5) is 11.6. The molecule has 0 unspecified atom stereocenters. The van der Waals surface area contributed by atoms with Crippen LogP contribution in [0.15, 0.2) is 18.2 Å². The van der Waals surface area contributed by atoms with Crippen molar-refractivity contribution < 1.29 is 30.5 Å². The molecule has 0 heterocycles. The first-order valence-corrected chi connectivity index (χ1v) is 6.78. The van der Waals surface area contributed by atoms with Crippen LogP contribution in [0, 0.1) is 0 Å². The minimum Gasteiger partial charge on any atom is -0.493 e. The third-order valence-electron chi connectivity index (χ3n) is 2.63. The predicted molar refractivity (Wildman–Crippen MR) is 73.5 cm³/mol. The highest BCUT2D eigenvalue weighted by atomic mass is 16.5. The fourth-order valence-corrected chi connectivity index (χ4v) is 1.56. The van der Waals surface area contributed by atoms with Crippen LogP contribution >= 0.6 is 0 Å². The quantitative estimate of drug-likeness (QED) is 0.471. The Hall–Kier alpha value is -1.79. The lowest BCUT2D eigenvalue weighted by Gasteiger charge is -2.11. The molecule has 0 amide bonds. The van der Waals surface area contributed by atoms with Gasteiger partial charge in [-0.05, 0) is 12.1 Å². The van der Waals surface area contributed by atoms with E-state index in [2.05, 4.69) is 11.5 Å². The van der Waals surface area contributed by atoms with Crippen molar-refractivity contribution in [3.63, 3.8) is 0 Å². The Bertz CT molecular complexity index is 395. The summed E-state index contributed by atoms with van der Waals surface area (Å²) >= 11 is 0. The van der Waals surface area contributed by atoms with Crippen LogP contribution in [0.3, 0.4) is 0 Å². The van der Waals surface area contributed by atoms with E-state index in [0.29, 0.717) is 30.3 Å². The molecular formula is C14H24N2O4+2. The molecule has 1 aromatic carbocycles. The number of esters is 1. The molecule has 6 nitrogen and oxygen atoms in total.